The van der Waals surface area contributed by atoms with Gasteiger partial charge in [-0.05, 0) is 42.7 Å². The van der Waals surface area contributed by atoms with Gasteiger partial charge in [-0.3, -0.25) is 9.59 Å². The van der Waals surface area contributed by atoms with E-state index in [0.717, 1.165) is 18.4 Å². The minimum Gasteiger partial charge on any atom is -0.488 e. The Labute approximate surface area is 175 Å². The number of ether oxygens (including phenoxy) is 2. The summed E-state index contributed by atoms with van der Waals surface area (Å²) >= 11 is 0. The second-order valence-corrected chi connectivity index (χ2v) is 7.53. The summed E-state index contributed by atoms with van der Waals surface area (Å²) in [5.74, 6) is 0.104. The normalized spacial score (nSPS) is 19.0. The molecule has 2 aliphatic heterocycles. The van der Waals surface area contributed by atoms with E-state index in [1.165, 1.54) is 12.1 Å². The average Bonchev–Trinajstić information content (AvgIpc) is 3.33. The molecule has 2 amide bonds. The van der Waals surface area contributed by atoms with Crippen LogP contribution in [0.15, 0.2) is 48.5 Å². The Morgan fingerprint density at radius 1 is 1.00 bits per heavy atom. The summed E-state index contributed by atoms with van der Waals surface area (Å²) in [5.41, 5.74) is 1.30. The molecule has 0 aliphatic carbocycles. The van der Waals surface area contributed by atoms with Crippen molar-refractivity contribution in [2.24, 2.45) is 0 Å². The summed E-state index contributed by atoms with van der Waals surface area (Å²) in [6.45, 7) is 2.84. The summed E-state index contributed by atoms with van der Waals surface area (Å²) in [5, 5.41) is 0. The van der Waals surface area contributed by atoms with Crippen molar-refractivity contribution in [2.75, 3.05) is 32.8 Å². The van der Waals surface area contributed by atoms with Gasteiger partial charge in [0.15, 0.2) is 0 Å². The molecule has 7 heteroatoms. The number of benzene rings is 2. The molecule has 0 radical (unpaired) electrons. The predicted molar refractivity (Wildman–Crippen MR) is 109 cm³/mol. The number of para-hydroxylation sites is 1. The quantitative estimate of drug-likeness (QED) is 0.758. The predicted octanol–water partition coefficient (Wildman–Crippen LogP) is 2.87. The lowest BCUT2D eigenvalue weighted by Gasteiger charge is -2.36. The van der Waals surface area contributed by atoms with Crippen LogP contribution in [0.5, 0.6) is 5.75 Å². The Hall–Kier alpha value is -2.93. The third-order valence-corrected chi connectivity index (χ3v) is 5.51. The fourth-order valence-electron chi connectivity index (χ4n) is 3.79. The Morgan fingerprint density at radius 2 is 1.70 bits per heavy atom. The van der Waals surface area contributed by atoms with Gasteiger partial charge in [-0.1, -0.05) is 24.3 Å². The molecule has 0 aromatic heterocycles. The van der Waals surface area contributed by atoms with E-state index >= 15 is 0 Å². The molecule has 2 fully saturated rings. The van der Waals surface area contributed by atoms with E-state index in [4.69, 9.17) is 9.47 Å². The Morgan fingerprint density at radius 3 is 2.40 bits per heavy atom. The first-order chi connectivity index (χ1) is 14.6. The summed E-state index contributed by atoms with van der Waals surface area (Å²) < 4.78 is 24.4. The number of halogens is 1. The number of hydrogen-bond donors (Lipinski definition) is 0. The fraction of sp³-hybridized carbons (Fsp3) is 0.391. The maximum Gasteiger partial charge on any atom is 0.257 e. The molecule has 6 nitrogen and oxygen atoms in total. The van der Waals surface area contributed by atoms with Gasteiger partial charge in [0.25, 0.3) is 11.8 Å². The van der Waals surface area contributed by atoms with Crippen molar-refractivity contribution in [1.82, 2.24) is 9.80 Å². The lowest BCUT2D eigenvalue weighted by Crippen LogP contribution is -2.52. The van der Waals surface area contributed by atoms with E-state index in [1.807, 2.05) is 6.07 Å². The molecule has 2 saturated heterocycles. The van der Waals surface area contributed by atoms with E-state index in [9.17, 15) is 14.0 Å². The van der Waals surface area contributed by atoms with Gasteiger partial charge in [0.1, 0.15) is 24.3 Å². The van der Waals surface area contributed by atoms with E-state index in [2.05, 4.69) is 0 Å². The Bertz CT molecular complexity index is 888. The zero-order chi connectivity index (χ0) is 20.9. The van der Waals surface area contributed by atoms with Crippen molar-refractivity contribution in [3.05, 3.63) is 65.5 Å². The first-order valence-corrected chi connectivity index (χ1v) is 10.3. The minimum atomic E-state index is -0.326. The summed E-state index contributed by atoms with van der Waals surface area (Å²) in [6, 6.07) is 13.2. The highest BCUT2D eigenvalue weighted by molar-refractivity contribution is 5.97. The van der Waals surface area contributed by atoms with Gasteiger partial charge in [0, 0.05) is 32.8 Å². The number of amides is 2. The van der Waals surface area contributed by atoms with Gasteiger partial charge >= 0.3 is 0 Å². The lowest BCUT2D eigenvalue weighted by atomic mass is 10.1. The van der Waals surface area contributed by atoms with Crippen LogP contribution in [0.4, 0.5) is 4.39 Å². The van der Waals surface area contributed by atoms with E-state index < -0.39 is 0 Å². The summed E-state index contributed by atoms with van der Waals surface area (Å²) in [6.07, 6.45) is 1.37. The van der Waals surface area contributed by atoms with Crippen LogP contribution in [-0.2, 0) is 16.1 Å². The van der Waals surface area contributed by atoms with Gasteiger partial charge < -0.3 is 19.3 Å². The molecule has 2 heterocycles. The number of hydrogen-bond acceptors (Lipinski definition) is 4. The van der Waals surface area contributed by atoms with Gasteiger partial charge in [0.05, 0.1) is 5.56 Å². The maximum atomic E-state index is 13.1. The summed E-state index contributed by atoms with van der Waals surface area (Å²) in [4.78, 5) is 29.1. The number of piperazine rings is 1. The van der Waals surface area contributed by atoms with Crippen LogP contribution in [0.3, 0.4) is 0 Å². The molecule has 1 atom stereocenters. The first-order valence-electron chi connectivity index (χ1n) is 10.3. The standard InChI is InChI=1S/C23H25FN2O4/c24-18-9-7-17(8-10-18)16-30-20-5-2-1-4-19(20)22(27)25-11-13-26(14-12-25)23(28)21-6-3-15-29-21/h1-2,4-5,7-10,21H,3,6,11-16H2. The van der Waals surface area contributed by atoms with Crippen LogP contribution < -0.4 is 4.74 Å². The molecule has 1 unspecified atom stereocenters. The van der Waals surface area contributed by atoms with Crippen molar-refractivity contribution < 1.29 is 23.5 Å². The minimum absolute atomic E-state index is 0.0302. The molecule has 30 heavy (non-hydrogen) atoms. The number of carbonyl (C=O) groups is 2. The average molecular weight is 412 g/mol. The molecule has 0 spiro atoms. The van der Waals surface area contributed by atoms with E-state index in [0.29, 0.717) is 44.1 Å². The van der Waals surface area contributed by atoms with Gasteiger partial charge in [-0.15, -0.1) is 0 Å². The largest absolute Gasteiger partial charge is 0.488 e. The number of nitrogens with zero attached hydrogens (tertiary/aromatic N) is 2. The van der Waals surface area contributed by atoms with Crippen molar-refractivity contribution in [2.45, 2.75) is 25.6 Å². The van der Waals surface area contributed by atoms with Crippen LogP contribution in [0.25, 0.3) is 0 Å². The Kier molecular flexibility index (Phi) is 6.28. The van der Waals surface area contributed by atoms with Gasteiger partial charge in [-0.25, -0.2) is 4.39 Å². The second-order valence-electron chi connectivity index (χ2n) is 7.53. The molecule has 2 aliphatic rings. The fourth-order valence-corrected chi connectivity index (χ4v) is 3.79. The first kappa shape index (κ1) is 20.3. The maximum absolute atomic E-state index is 13.1. The van der Waals surface area contributed by atoms with Crippen LogP contribution in [-0.4, -0.2) is 60.5 Å². The SMILES string of the molecule is O=C(c1ccccc1OCc1ccc(F)cc1)N1CCN(C(=O)C2CCCO2)CC1. The van der Waals surface area contributed by atoms with Gasteiger partial charge in [-0.2, -0.15) is 0 Å². The smallest absolute Gasteiger partial charge is 0.257 e. The van der Waals surface area contributed by atoms with Crippen LogP contribution >= 0.6 is 0 Å². The molecule has 0 N–H and O–H groups in total. The third-order valence-electron chi connectivity index (χ3n) is 5.51. The molecule has 2 aromatic rings. The Balaban J connectivity index is 1.36. The molecular formula is C23H25FN2O4. The summed E-state index contributed by atoms with van der Waals surface area (Å²) in [7, 11) is 0. The number of rotatable bonds is 5. The highest BCUT2D eigenvalue weighted by atomic mass is 19.1. The monoisotopic (exact) mass is 412 g/mol. The van der Waals surface area contributed by atoms with Crippen molar-refractivity contribution in [3.8, 4) is 5.75 Å². The van der Waals surface area contributed by atoms with Crippen LogP contribution in [0, 0.1) is 5.82 Å². The molecule has 0 saturated carbocycles. The highest BCUT2D eigenvalue weighted by Gasteiger charge is 2.32. The third kappa shape index (κ3) is 4.62. The molecule has 4 rings (SSSR count). The van der Waals surface area contributed by atoms with Crippen molar-refractivity contribution in [1.29, 1.82) is 0 Å². The topological polar surface area (TPSA) is 59.1 Å². The molecular weight excluding hydrogens is 387 g/mol. The number of carbonyl (C=O) groups excluding carboxylic acids is 2. The van der Waals surface area contributed by atoms with Crippen LogP contribution in [0.2, 0.25) is 0 Å². The highest BCUT2D eigenvalue weighted by Crippen LogP contribution is 2.23. The molecule has 158 valence electrons. The molecule has 0 bridgehead atoms. The van der Waals surface area contributed by atoms with E-state index in [1.54, 1.807) is 40.1 Å². The van der Waals surface area contributed by atoms with Crippen LogP contribution in [0.1, 0.15) is 28.8 Å². The molecule has 2 aromatic carbocycles. The van der Waals surface area contributed by atoms with Crippen molar-refractivity contribution >= 4 is 11.8 Å². The lowest BCUT2D eigenvalue weighted by molar-refractivity contribution is -0.142. The second kappa shape index (κ2) is 9.26. The zero-order valence-corrected chi connectivity index (χ0v) is 16.8. The van der Waals surface area contributed by atoms with E-state index in [-0.39, 0.29) is 30.3 Å². The van der Waals surface area contributed by atoms with Gasteiger partial charge in [0.2, 0.25) is 0 Å². The zero-order valence-electron chi connectivity index (χ0n) is 16.8. The van der Waals surface area contributed by atoms with Crippen molar-refractivity contribution in [3.63, 3.8) is 0 Å².